The van der Waals surface area contributed by atoms with E-state index in [-0.39, 0.29) is 17.6 Å². The molecule has 0 unspecified atom stereocenters. The Balaban J connectivity index is 2.26. The van der Waals surface area contributed by atoms with Gasteiger partial charge in [0.15, 0.2) is 0 Å². The fraction of sp³-hybridized carbons (Fsp3) is 0.462. The number of carbonyl (C=O) groups is 2. The van der Waals surface area contributed by atoms with Gasteiger partial charge in [0.2, 0.25) is 0 Å². The predicted octanol–water partition coefficient (Wildman–Crippen LogP) is 5.97. The summed E-state index contributed by atoms with van der Waals surface area (Å²) < 4.78 is 38.1. The van der Waals surface area contributed by atoms with E-state index in [4.69, 9.17) is 9.47 Å². The second-order valence-electron chi connectivity index (χ2n) is 9.55. The molecule has 1 N–H and O–H groups in total. The van der Waals surface area contributed by atoms with Crippen LogP contribution in [0.1, 0.15) is 65.0 Å². The molecule has 0 heterocycles. The van der Waals surface area contributed by atoms with E-state index in [2.05, 4.69) is 5.32 Å². The Morgan fingerprint density at radius 2 is 1.33 bits per heavy atom. The van der Waals surface area contributed by atoms with Crippen LogP contribution in [0, 0.1) is 17.6 Å². The van der Waals surface area contributed by atoms with Crippen molar-refractivity contribution in [3.8, 4) is 0 Å². The molecule has 7 heteroatoms. The summed E-state index contributed by atoms with van der Waals surface area (Å²) in [5.41, 5.74) is 0.715. The molecule has 2 aromatic rings. The van der Waals surface area contributed by atoms with Crippen LogP contribution >= 0.6 is 0 Å². The van der Waals surface area contributed by atoms with Gasteiger partial charge in [0.05, 0.1) is 0 Å². The highest BCUT2D eigenvalue weighted by Gasteiger charge is 2.31. The number of carbonyl (C=O) groups excluding carboxylic acids is 2. The maximum atomic E-state index is 13.5. The second-order valence-corrected chi connectivity index (χ2v) is 9.55. The van der Waals surface area contributed by atoms with Gasteiger partial charge >= 0.3 is 12.1 Å². The van der Waals surface area contributed by atoms with E-state index in [1.165, 1.54) is 24.3 Å². The third kappa shape index (κ3) is 8.48. The van der Waals surface area contributed by atoms with E-state index in [1.807, 2.05) is 13.8 Å². The minimum absolute atomic E-state index is 0.109. The van der Waals surface area contributed by atoms with Gasteiger partial charge in [-0.25, -0.2) is 18.4 Å². The average Bonchev–Trinajstić information content (AvgIpc) is 2.68. The summed E-state index contributed by atoms with van der Waals surface area (Å²) in [6.45, 7) is 10.8. The van der Waals surface area contributed by atoms with Crippen molar-refractivity contribution in [2.75, 3.05) is 0 Å². The number of esters is 1. The molecular formula is C26H33F2NO4. The van der Waals surface area contributed by atoms with Crippen LogP contribution in [0.5, 0.6) is 0 Å². The molecule has 2 rings (SSSR count). The first-order chi connectivity index (χ1) is 15.4. The minimum Gasteiger partial charge on any atom is -0.460 e. The Labute approximate surface area is 194 Å². The summed E-state index contributed by atoms with van der Waals surface area (Å²) in [5, 5.41) is 2.61. The van der Waals surface area contributed by atoms with Crippen molar-refractivity contribution in [3.63, 3.8) is 0 Å². The fourth-order valence-corrected chi connectivity index (χ4v) is 3.54. The monoisotopic (exact) mass is 461 g/mol. The predicted molar refractivity (Wildman–Crippen MR) is 123 cm³/mol. The van der Waals surface area contributed by atoms with Crippen molar-refractivity contribution in [1.82, 2.24) is 5.32 Å². The van der Waals surface area contributed by atoms with Crippen molar-refractivity contribution in [2.45, 2.75) is 71.6 Å². The van der Waals surface area contributed by atoms with Crippen molar-refractivity contribution in [3.05, 3.63) is 71.3 Å². The van der Waals surface area contributed by atoms with Crippen LogP contribution in [-0.2, 0) is 14.3 Å². The number of alkyl carbamates (subject to hydrolysis) is 1. The quantitative estimate of drug-likeness (QED) is 0.492. The lowest BCUT2D eigenvalue weighted by Crippen LogP contribution is -2.46. The fourth-order valence-electron chi connectivity index (χ4n) is 3.54. The van der Waals surface area contributed by atoms with Crippen LogP contribution < -0.4 is 5.32 Å². The number of benzene rings is 2. The molecule has 2 atom stereocenters. The highest BCUT2D eigenvalue weighted by atomic mass is 19.1. The number of halogens is 2. The van der Waals surface area contributed by atoms with Gasteiger partial charge in [0.1, 0.15) is 29.4 Å². The molecule has 0 aliphatic heterocycles. The zero-order chi connectivity index (χ0) is 24.8. The third-order valence-corrected chi connectivity index (χ3v) is 4.91. The molecule has 0 fully saturated rings. The second kappa shape index (κ2) is 11.3. The standard InChI is InChI=1S/C26H33F2NO4/c1-16(2)15-22(29-25(31)33-26(4,5)6)24(30)32-17(3)23(18-7-11-20(27)12-8-18)19-9-13-21(28)14-10-19/h7-14,16-17,22-23H,15H2,1-6H3,(H,29,31)/t17-,22-/m0/s1. The topological polar surface area (TPSA) is 64.6 Å². The van der Waals surface area contributed by atoms with E-state index >= 15 is 0 Å². The normalized spacial score (nSPS) is 13.5. The number of hydrogen-bond acceptors (Lipinski definition) is 4. The van der Waals surface area contributed by atoms with E-state index < -0.39 is 35.7 Å². The van der Waals surface area contributed by atoms with E-state index in [0.717, 1.165) is 0 Å². The van der Waals surface area contributed by atoms with Gasteiger partial charge in [-0.2, -0.15) is 0 Å². The van der Waals surface area contributed by atoms with Gasteiger partial charge in [0.25, 0.3) is 0 Å². The Hall–Kier alpha value is -2.96. The first-order valence-corrected chi connectivity index (χ1v) is 11.1. The molecule has 5 nitrogen and oxygen atoms in total. The maximum Gasteiger partial charge on any atom is 0.408 e. The number of hydrogen-bond donors (Lipinski definition) is 1. The SMILES string of the molecule is CC(C)C[C@H](NC(=O)OC(C)(C)C)C(=O)O[C@@H](C)C(c1ccc(F)cc1)c1ccc(F)cc1. The molecule has 0 bridgehead atoms. The molecule has 180 valence electrons. The Bertz CT molecular complexity index is 875. The molecular weight excluding hydrogens is 428 g/mol. The van der Waals surface area contributed by atoms with Gasteiger partial charge in [-0.1, -0.05) is 38.1 Å². The summed E-state index contributed by atoms with van der Waals surface area (Å²) in [6, 6.07) is 10.8. The molecule has 1 amide bonds. The largest absolute Gasteiger partial charge is 0.460 e. The number of nitrogens with one attached hydrogen (secondary N) is 1. The van der Waals surface area contributed by atoms with Crippen LogP contribution in [0.15, 0.2) is 48.5 Å². The molecule has 0 saturated heterocycles. The Morgan fingerprint density at radius 3 is 1.73 bits per heavy atom. The van der Waals surface area contributed by atoms with Crippen molar-refractivity contribution >= 4 is 12.1 Å². The maximum absolute atomic E-state index is 13.5. The highest BCUT2D eigenvalue weighted by Crippen LogP contribution is 2.30. The zero-order valence-corrected chi connectivity index (χ0v) is 20.0. The molecule has 0 radical (unpaired) electrons. The average molecular weight is 462 g/mol. The van der Waals surface area contributed by atoms with Crippen LogP contribution in [0.25, 0.3) is 0 Å². The summed E-state index contributed by atoms with van der Waals surface area (Å²) in [6.07, 6.45) is -1.02. The highest BCUT2D eigenvalue weighted by molar-refractivity contribution is 5.81. The lowest BCUT2D eigenvalue weighted by atomic mass is 9.87. The van der Waals surface area contributed by atoms with Crippen LogP contribution in [0.2, 0.25) is 0 Å². The van der Waals surface area contributed by atoms with E-state index in [9.17, 15) is 18.4 Å². The molecule has 0 aliphatic carbocycles. The van der Waals surface area contributed by atoms with Gasteiger partial charge in [0, 0.05) is 5.92 Å². The van der Waals surface area contributed by atoms with Gasteiger partial charge in [-0.05, 0) is 75.4 Å². The van der Waals surface area contributed by atoms with Crippen molar-refractivity contribution < 1.29 is 27.8 Å². The van der Waals surface area contributed by atoms with E-state index in [1.54, 1.807) is 52.0 Å². The summed E-state index contributed by atoms with van der Waals surface area (Å²) in [5.74, 6) is -1.73. The third-order valence-electron chi connectivity index (χ3n) is 4.91. The molecule has 2 aromatic carbocycles. The first-order valence-electron chi connectivity index (χ1n) is 11.1. The molecule has 0 spiro atoms. The smallest absolute Gasteiger partial charge is 0.408 e. The molecule has 0 saturated carbocycles. The van der Waals surface area contributed by atoms with Crippen LogP contribution in [-0.4, -0.2) is 29.8 Å². The van der Waals surface area contributed by atoms with Crippen LogP contribution in [0.4, 0.5) is 13.6 Å². The molecule has 0 aliphatic rings. The minimum atomic E-state index is -0.899. The lowest BCUT2D eigenvalue weighted by Gasteiger charge is -2.28. The van der Waals surface area contributed by atoms with Gasteiger partial charge in [-0.3, -0.25) is 0 Å². The summed E-state index contributed by atoms with van der Waals surface area (Å²) in [7, 11) is 0. The first kappa shape index (κ1) is 26.3. The van der Waals surface area contributed by atoms with Gasteiger partial charge in [-0.15, -0.1) is 0 Å². The Kier molecular flexibility index (Phi) is 8.97. The van der Waals surface area contributed by atoms with E-state index in [0.29, 0.717) is 17.5 Å². The van der Waals surface area contributed by atoms with Crippen LogP contribution in [0.3, 0.4) is 0 Å². The van der Waals surface area contributed by atoms with Gasteiger partial charge < -0.3 is 14.8 Å². The van der Waals surface area contributed by atoms with Crippen molar-refractivity contribution in [2.24, 2.45) is 5.92 Å². The summed E-state index contributed by atoms with van der Waals surface area (Å²) >= 11 is 0. The zero-order valence-electron chi connectivity index (χ0n) is 20.0. The number of amides is 1. The number of rotatable bonds is 8. The lowest BCUT2D eigenvalue weighted by molar-refractivity contribution is -0.151. The Morgan fingerprint density at radius 1 is 0.879 bits per heavy atom. The molecule has 0 aromatic heterocycles. The van der Waals surface area contributed by atoms with Crippen molar-refractivity contribution in [1.29, 1.82) is 0 Å². The molecule has 33 heavy (non-hydrogen) atoms. The number of ether oxygens (including phenoxy) is 2. The summed E-state index contributed by atoms with van der Waals surface area (Å²) in [4.78, 5) is 25.3.